The second-order valence-corrected chi connectivity index (χ2v) is 6.18. The van der Waals surface area contributed by atoms with Gasteiger partial charge in [0.25, 0.3) is 11.8 Å². The monoisotopic (exact) mass is 386 g/mol. The summed E-state index contributed by atoms with van der Waals surface area (Å²) in [5, 5.41) is 2.84. The molecule has 0 radical (unpaired) electrons. The second kappa shape index (κ2) is 8.51. The predicted molar refractivity (Wildman–Crippen MR) is 101 cm³/mol. The van der Waals surface area contributed by atoms with Gasteiger partial charge in [-0.1, -0.05) is 12.1 Å². The minimum atomic E-state index is -0.668. The summed E-state index contributed by atoms with van der Waals surface area (Å²) in [5.41, 5.74) is 6.37. The molecule has 0 saturated carbocycles. The highest BCUT2D eigenvalue weighted by atomic mass is 16.6. The first-order chi connectivity index (χ1) is 13.5. The van der Waals surface area contributed by atoms with Crippen LogP contribution in [-0.4, -0.2) is 38.7 Å². The van der Waals surface area contributed by atoms with Gasteiger partial charge in [-0.3, -0.25) is 9.59 Å². The first kappa shape index (κ1) is 19.3. The Morgan fingerprint density at radius 2 is 1.93 bits per heavy atom. The lowest BCUT2D eigenvalue weighted by Crippen LogP contribution is -2.31. The first-order valence-corrected chi connectivity index (χ1v) is 8.78. The maximum absolute atomic E-state index is 12.3. The van der Waals surface area contributed by atoms with Gasteiger partial charge >= 0.3 is 0 Å². The number of nitrogens with one attached hydrogen (secondary N) is 1. The average Bonchev–Trinajstić information content (AvgIpc) is 2.71. The molecule has 0 aromatic heterocycles. The molecule has 2 aromatic carbocycles. The molecule has 2 aromatic rings. The third-order valence-electron chi connectivity index (χ3n) is 4.26. The number of hydrogen-bond acceptors (Lipinski definition) is 6. The van der Waals surface area contributed by atoms with E-state index in [1.54, 1.807) is 12.1 Å². The van der Waals surface area contributed by atoms with E-state index in [1.807, 2.05) is 25.1 Å². The summed E-state index contributed by atoms with van der Waals surface area (Å²) in [6.45, 7) is 2.56. The molecule has 0 saturated heterocycles. The van der Waals surface area contributed by atoms with Gasteiger partial charge in [0.05, 0.1) is 18.7 Å². The number of rotatable bonds is 7. The van der Waals surface area contributed by atoms with Crippen LogP contribution in [-0.2, 0) is 4.79 Å². The lowest BCUT2D eigenvalue weighted by molar-refractivity contribution is -0.123. The predicted octanol–water partition coefficient (Wildman–Crippen LogP) is 1.82. The molecule has 1 unspecified atom stereocenters. The summed E-state index contributed by atoms with van der Waals surface area (Å²) >= 11 is 0. The van der Waals surface area contributed by atoms with Gasteiger partial charge in [0.1, 0.15) is 13.2 Å². The molecule has 2 amide bonds. The van der Waals surface area contributed by atoms with E-state index >= 15 is 0 Å². The normalized spacial score (nSPS) is 13.4. The van der Waals surface area contributed by atoms with E-state index in [9.17, 15) is 9.59 Å². The van der Waals surface area contributed by atoms with Crippen molar-refractivity contribution in [2.75, 3.05) is 26.9 Å². The fourth-order valence-corrected chi connectivity index (χ4v) is 2.85. The number of carbonyl (C=O) groups is 2. The van der Waals surface area contributed by atoms with Crippen LogP contribution >= 0.6 is 0 Å². The molecule has 1 aliphatic heterocycles. The van der Waals surface area contributed by atoms with Crippen LogP contribution in [0.5, 0.6) is 23.0 Å². The van der Waals surface area contributed by atoms with Crippen LogP contribution in [0.2, 0.25) is 0 Å². The number of nitrogens with two attached hydrogens (primary N) is 1. The van der Waals surface area contributed by atoms with Crippen LogP contribution in [0.25, 0.3) is 0 Å². The van der Waals surface area contributed by atoms with Crippen molar-refractivity contribution < 1.29 is 28.5 Å². The molecule has 0 bridgehead atoms. The largest absolute Gasteiger partial charge is 0.493 e. The van der Waals surface area contributed by atoms with Gasteiger partial charge in [-0.15, -0.1) is 0 Å². The minimum Gasteiger partial charge on any atom is -0.493 e. The van der Waals surface area contributed by atoms with Crippen LogP contribution in [0.15, 0.2) is 36.4 Å². The Bertz CT molecular complexity index is 883. The lowest BCUT2D eigenvalue weighted by atomic mass is 10.1. The fraction of sp³-hybridized carbons (Fsp3) is 0.300. The highest BCUT2D eigenvalue weighted by Gasteiger charge is 2.18. The Morgan fingerprint density at radius 3 is 2.64 bits per heavy atom. The van der Waals surface area contributed by atoms with Gasteiger partial charge in [-0.2, -0.15) is 0 Å². The summed E-state index contributed by atoms with van der Waals surface area (Å²) in [4.78, 5) is 23.9. The number of para-hydroxylation sites is 1. The van der Waals surface area contributed by atoms with E-state index in [4.69, 9.17) is 24.7 Å². The lowest BCUT2D eigenvalue weighted by Gasteiger charge is -2.21. The van der Waals surface area contributed by atoms with Gasteiger partial charge in [-0.05, 0) is 36.8 Å². The van der Waals surface area contributed by atoms with Gasteiger partial charge in [0, 0.05) is 0 Å². The molecule has 0 aliphatic carbocycles. The fourth-order valence-electron chi connectivity index (χ4n) is 2.85. The molecule has 1 aliphatic rings. The Kier molecular flexibility index (Phi) is 5.88. The van der Waals surface area contributed by atoms with E-state index in [-0.39, 0.29) is 29.9 Å². The van der Waals surface area contributed by atoms with Crippen molar-refractivity contribution in [3.05, 3.63) is 47.5 Å². The third kappa shape index (κ3) is 4.28. The number of amides is 2. The van der Waals surface area contributed by atoms with E-state index in [0.717, 1.165) is 5.56 Å². The number of carbonyl (C=O) groups excluding carboxylic acids is 2. The Balaban J connectivity index is 1.64. The summed E-state index contributed by atoms with van der Waals surface area (Å²) < 4.78 is 21.8. The van der Waals surface area contributed by atoms with Crippen molar-refractivity contribution >= 4 is 11.8 Å². The van der Waals surface area contributed by atoms with E-state index in [2.05, 4.69) is 5.32 Å². The van der Waals surface area contributed by atoms with Gasteiger partial charge in [0.15, 0.2) is 29.6 Å². The van der Waals surface area contributed by atoms with Crippen molar-refractivity contribution in [1.82, 2.24) is 5.32 Å². The summed E-state index contributed by atoms with van der Waals surface area (Å²) in [6.07, 6.45) is 0. The summed E-state index contributed by atoms with van der Waals surface area (Å²) in [5.74, 6) is 0.777. The first-order valence-electron chi connectivity index (χ1n) is 8.78. The van der Waals surface area contributed by atoms with Crippen molar-refractivity contribution in [3.8, 4) is 23.0 Å². The number of fused-ring (bicyclic) bond motifs is 1. The van der Waals surface area contributed by atoms with Gasteiger partial charge in [0.2, 0.25) is 0 Å². The zero-order chi connectivity index (χ0) is 20.1. The maximum Gasteiger partial charge on any atom is 0.258 e. The smallest absolute Gasteiger partial charge is 0.258 e. The van der Waals surface area contributed by atoms with Crippen molar-refractivity contribution in [2.45, 2.75) is 13.0 Å². The minimum absolute atomic E-state index is 0.139. The number of benzene rings is 2. The highest BCUT2D eigenvalue weighted by molar-refractivity contribution is 5.96. The maximum atomic E-state index is 12.3. The zero-order valence-electron chi connectivity index (χ0n) is 15.7. The molecule has 8 nitrogen and oxygen atoms in total. The Labute approximate surface area is 162 Å². The number of hydrogen-bond donors (Lipinski definition) is 2. The topological polar surface area (TPSA) is 109 Å². The van der Waals surface area contributed by atoms with Crippen LogP contribution in [0.1, 0.15) is 28.9 Å². The SMILES string of the molecule is COc1cccc(C(N)=O)c1OCC(=O)NC(C)c1ccc2c(c1)OCCO2. The molecule has 148 valence electrons. The molecule has 3 N–H and O–H groups in total. The van der Waals surface area contributed by atoms with Gasteiger partial charge in [-0.25, -0.2) is 0 Å². The number of ether oxygens (including phenoxy) is 4. The Morgan fingerprint density at radius 1 is 1.18 bits per heavy atom. The average molecular weight is 386 g/mol. The van der Waals surface area contributed by atoms with Crippen LogP contribution < -0.4 is 30.0 Å². The van der Waals surface area contributed by atoms with Crippen LogP contribution in [0.4, 0.5) is 0 Å². The second-order valence-electron chi connectivity index (χ2n) is 6.18. The molecule has 3 rings (SSSR count). The molecular formula is C20H22N2O6. The van der Waals surface area contributed by atoms with Crippen molar-refractivity contribution in [1.29, 1.82) is 0 Å². The van der Waals surface area contributed by atoms with Crippen molar-refractivity contribution in [2.24, 2.45) is 5.73 Å². The zero-order valence-corrected chi connectivity index (χ0v) is 15.7. The van der Waals surface area contributed by atoms with Crippen LogP contribution in [0.3, 0.4) is 0 Å². The Hall–Kier alpha value is -3.42. The van der Waals surface area contributed by atoms with Crippen molar-refractivity contribution in [3.63, 3.8) is 0 Å². The number of methoxy groups -OCH3 is 1. The highest BCUT2D eigenvalue weighted by Crippen LogP contribution is 2.33. The summed E-state index contributed by atoms with van der Waals surface area (Å²) in [7, 11) is 1.44. The molecule has 1 atom stereocenters. The molecule has 0 fully saturated rings. The molecule has 0 spiro atoms. The third-order valence-corrected chi connectivity index (χ3v) is 4.26. The molecule has 1 heterocycles. The van der Waals surface area contributed by atoms with E-state index in [1.165, 1.54) is 13.2 Å². The molecule has 8 heteroatoms. The summed E-state index contributed by atoms with van der Waals surface area (Å²) in [6, 6.07) is 10.00. The van der Waals surface area contributed by atoms with E-state index in [0.29, 0.717) is 30.5 Å². The molecular weight excluding hydrogens is 364 g/mol. The number of primary amides is 1. The standard InChI is InChI=1S/C20H22N2O6/c1-12(13-6-7-15-17(10-13)27-9-8-26-15)22-18(23)11-28-19-14(20(21)24)4-3-5-16(19)25-2/h3-7,10,12H,8-9,11H2,1-2H3,(H2,21,24)(H,22,23). The van der Waals surface area contributed by atoms with Gasteiger partial charge < -0.3 is 30.0 Å². The van der Waals surface area contributed by atoms with E-state index < -0.39 is 5.91 Å². The van der Waals surface area contributed by atoms with Crippen LogP contribution in [0, 0.1) is 0 Å². The molecule has 28 heavy (non-hydrogen) atoms. The quantitative estimate of drug-likeness (QED) is 0.751.